The Morgan fingerprint density at radius 3 is 2.81 bits per heavy atom. The first-order valence-electron chi connectivity index (χ1n) is 9.90. The molecule has 158 valence electrons. The normalized spacial score (nSPS) is 16.7. The highest BCUT2D eigenvalue weighted by Crippen LogP contribution is 2.24. The lowest BCUT2D eigenvalue weighted by molar-refractivity contribution is -0.0259. The van der Waals surface area contributed by atoms with Crippen LogP contribution >= 0.6 is 11.6 Å². The van der Waals surface area contributed by atoms with Crippen molar-refractivity contribution in [1.82, 2.24) is 34.3 Å². The minimum Gasteiger partial charge on any atom is -0.368 e. The average Bonchev–Trinajstić information content (AvgIpc) is 3.40. The molecule has 0 saturated carbocycles. The Balaban J connectivity index is 1.40. The van der Waals surface area contributed by atoms with Gasteiger partial charge in [0, 0.05) is 23.0 Å². The van der Waals surface area contributed by atoms with Gasteiger partial charge in [0.15, 0.2) is 5.69 Å². The quantitative estimate of drug-likeness (QED) is 0.489. The summed E-state index contributed by atoms with van der Waals surface area (Å²) in [6.07, 6.45) is 1.13. The molecule has 0 bridgehead atoms. The molecule has 1 fully saturated rings. The number of benzene rings is 1. The number of aryl methyl sites for hydroxylation is 2. The summed E-state index contributed by atoms with van der Waals surface area (Å²) in [5.74, 6) is 0.379. The van der Waals surface area contributed by atoms with Crippen molar-refractivity contribution < 1.29 is 9.53 Å². The zero-order valence-electron chi connectivity index (χ0n) is 17.1. The summed E-state index contributed by atoms with van der Waals surface area (Å²) in [5, 5.41) is 9.44. The molecule has 0 radical (unpaired) electrons. The molecular weight excluding hydrogens is 418 g/mol. The van der Waals surface area contributed by atoms with E-state index in [4.69, 9.17) is 16.3 Å². The third-order valence-electron chi connectivity index (χ3n) is 5.27. The second kappa shape index (κ2) is 7.75. The lowest BCUT2D eigenvalue weighted by Crippen LogP contribution is -2.43. The van der Waals surface area contributed by atoms with Crippen LogP contribution < -0.4 is 0 Å². The molecule has 1 unspecified atom stereocenters. The van der Waals surface area contributed by atoms with E-state index in [0.29, 0.717) is 36.2 Å². The molecule has 1 amide bonds. The molecule has 1 aliphatic heterocycles. The number of hydrogen-bond acceptors (Lipinski definition) is 6. The maximum absolute atomic E-state index is 13.2. The molecule has 4 aromatic rings. The van der Waals surface area contributed by atoms with Crippen LogP contribution in [-0.2, 0) is 4.74 Å². The monoisotopic (exact) mass is 437 g/mol. The van der Waals surface area contributed by atoms with Crippen LogP contribution in [0.3, 0.4) is 0 Å². The number of carbonyl (C=O) groups is 1. The summed E-state index contributed by atoms with van der Waals surface area (Å²) in [6, 6.07) is 11.1. The Kier molecular flexibility index (Phi) is 4.91. The lowest BCUT2D eigenvalue weighted by Gasteiger charge is -2.32. The van der Waals surface area contributed by atoms with Gasteiger partial charge in [-0.15, -0.1) is 0 Å². The molecule has 1 atom stereocenters. The molecule has 1 saturated heterocycles. The minimum atomic E-state index is -0.331. The third-order valence-corrected chi connectivity index (χ3v) is 5.52. The topological polar surface area (TPSA) is 90.4 Å². The Morgan fingerprint density at radius 1 is 1.19 bits per heavy atom. The van der Waals surface area contributed by atoms with E-state index in [9.17, 15) is 4.79 Å². The highest BCUT2D eigenvalue weighted by Gasteiger charge is 2.29. The molecule has 9 nitrogen and oxygen atoms in total. The zero-order chi connectivity index (χ0) is 21.5. The highest BCUT2D eigenvalue weighted by molar-refractivity contribution is 6.30. The smallest absolute Gasteiger partial charge is 0.274 e. The number of nitrogens with zero attached hydrogens (tertiary/aromatic N) is 7. The molecule has 1 aromatic carbocycles. The van der Waals surface area contributed by atoms with Gasteiger partial charge in [-0.2, -0.15) is 19.7 Å². The predicted molar refractivity (Wildman–Crippen MR) is 113 cm³/mol. The number of carbonyl (C=O) groups excluding carboxylic acids is 1. The van der Waals surface area contributed by atoms with E-state index in [-0.39, 0.29) is 12.0 Å². The first-order valence-corrected chi connectivity index (χ1v) is 10.3. The number of hydrogen-bond donors (Lipinski definition) is 0. The molecule has 4 heterocycles. The average molecular weight is 438 g/mol. The fourth-order valence-electron chi connectivity index (χ4n) is 3.79. The van der Waals surface area contributed by atoms with E-state index >= 15 is 0 Å². The maximum Gasteiger partial charge on any atom is 0.274 e. The van der Waals surface area contributed by atoms with Gasteiger partial charge in [-0.1, -0.05) is 11.6 Å². The van der Waals surface area contributed by atoms with Crippen molar-refractivity contribution in [3.63, 3.8) is 0 Å². The molecule has 5 rings (SSSR count). The van der Waals surface area contributed by atoms with E-state index in [2.05, 4.69) is 20.2 Å². The van der Waals surface area contributed by atoms with E-state index in [0.717, 1.165) is 22.8 Å². The largest absolute Gasteiger partial charge is 0.368 e. The van der Waals surface area contributed by atoms with Crippen LogP contribution in [0.2, 0.25) is 5.02 Å². The summed E-state index contributed by atoms with van der Waals surface area (Å²) in [4.78, 5) is 23.5. The molecular formula is C21H20ClN7O2. The van der Waals surface area contributed by atoms with Gasteiger partial charge in [-0.3, -0.25) is 4.79 Å². The van der Waals surface area contributed by atoms with Crippen LogP contribution in [0.15, 0.2) is 42.7 Å². The van der Waals surface area contributed by atoms with Gasteiger partial charge in [0.25, 0.3) is 11.7 Å². The fraction of sp³-hybridized carbons (Fsp3) is 0.286. The number of halogens is 1. The number of aromatic nitrogens is 6. The van der Waals surface area contributed by atoms with E-state index < -0.39 is 0 Å². The predicted octanol–water partition coefficient (Wildman–Crippen LogP) is 2.79. The van der Waals surface area contributed by atoms with Crippen LogP contribution in [0.25, 0.3) is 11.5 Å². The van der Waals surface area contributed by atoms with Crippen molar-refractivity contribution in [1.29, 1.82) is 0 Å². The maximum atomic E-state index is 13.2. The number of amides is 1. The summed E-state index contributed by atoms with van der Waals surface area (Å²) < 4.78 is 9.37. The van der Waals surface area contributed by atoms with E-state index in [1.807, 2.05) is 32.0 Å². The minimum absolute atomic E-state index is 0.135. The van der Waals surface area contributed by atoms with Crippen LogP contribution in [0.4, 0.5) is 0 Å². The summed E-state index contributed by atoms with van der Waals surface area (Å²) in [6.45, 7) is 5.12. The molecule has 10 heteroatoms. The number of ether oxygens (including phenoxy) is 1. The van der Waals surface area contributed by atoms with Crippen LogP contribution in [0, 0.1) is 13.8 Å². The molecule has 3 aromatic heterocycles. The molecule has 1 aliphatic rings. The second-order valence-electron chi connectivity index (χ2n) is 7.46. The summed E-state index contributed by atoms with van der Waals surface area (Å²) in [5.41, 5.74) is 3.75. The number of rotatable bonds is 3. The van der Waals surface area contributed by atoms with E-state index in [1.165, 1.54) is 6.33 Å². The van der Waals surface area contributed by atoms with Gasteiger partial charge in [-0.25, -0.2) is 9.67 Å². The van der Waals surface area contributed by atoms with Gasteiger partial charge in [0.2, 0.25) is 0 Å². The van der Waals surface area contributed by atoms with Crippen molar-refractivity contribution >= 4 is 23.3 Å². The lowest BCUT2D eigenvalue weighted by atomic mass is 10.1. The standard InChI is InChI=1S/C21H20ClN7O2/c1-13-9-18(29-21(25-13)23-12-24-29)19-11-27(7-8-31-19)20(30)17-10-14(2)28(26-17)16-5-3-15(22)4-6-16/h3-6,9-10,12,19H,7-8,11H2,1-2H3. The Bertz CT molecular complexity index is 1260. The van der Waals surface area contributed by atoms with Crippen LogP contribution in [0.1, 0.15) is 33.7 Å². The first kappa shape index (κ1) is 19.7. The van der Waals surface area contributed by atoms with Gasteiger partial charge < -0.3 is 9.64 Å². The van der Waals surface area contributed by atoms with Gasteiger partial charge in [0.05, 0.1) is 24.5 Å². The Hall–Kier alpha value is -3.30. The second-order valence-corrected chi connectivity index (χ2v) is 7.90. The van der Waals surface area contributed by atoms with Crippen molar-refractivity contribution in [3.8, 4) is 5.69 Å². The molecule has 0 aliphatic carbocycles. The highest BCUT2D eigenvalue weighted by atomic mass is 35.5. The molecule has 0 spiro atoms. The van der Waals surface area contributed by atoms with Crippen molar-refractivity contribution in [2.45, 2.75) is 20.0 Å². The van der Waals surface area contributed by atoms with Crippen molar-refractivity contribution in [2.24, 2.45) is 0 Å². The molecule has 0 N–H and O–H groups in total. The first-order chi connectivity index (χ1) is 15.0. The Morgan fingerprint density at radius 2 is 2.00 bits per heavy atom. The summed E-state index contributed by atoms with van der Waals surface area (Å²) in [7, 11) is 0. The SMILES string of the molecule is Cc1cc(C2CN(C(=O)c3cc(C)n(-c4ccc(Cl)cc4)n3)CCO2)n2ncnc2n1. The van der Waals surface area contributed by atoms with Crippen molar-refractivity contribution in [2.75, 3.05) is 19.7 Å². The van der Waals surface area contributed by atoms with Crippen LogP contribution in [-0.4, -0.2) is 59.9 Å². The molecule has 31 heavy (non-hydrogen) atoms. The van der Waals surface area contributed by atoms with Crippen molar-refractivity contribution in [3.05, 3.63) is 70.5 Å². The number of morpholine rings is 1. The summed E-state index contributed by atoms with van der Waals surface area (Å²) >= 11 is 5.98. The van der Waals surface area contributed by atoms with Crippen LogP contribution in [0.5, 0.6) is 0 Å². The Labute approximate surface area is 183 Å². The third kappa shape index (κ3) is 3.66. The zero-order valence-corrected chi connectivity index (χ0v) is 17.8. The van der Waals surface area contributed by atoms with Gasteiger partial charge in [0.1, 0.15) is 12.4 Å². The van der Waals surface area contributed by atoms with Gasteiger partial charge in [-0.05, 0) is 50.2 Å². The fourth-order valence-corrected chi connectivity index (χ4v) is 3.91. The van der Waals surface area contributed by atoms with Gasteiger partial charge >= 0.3 is 0 Å². The number of fused-ring (bicyclic) bond motifs is 1. The van der Waals surface area contributed by atoms with E-state index in [1.54, 1.807) is 32.3 Å².